The molecule has 0 radical (unpaired) electrons. The smallest absolute Gasteiger partial charge is 0.269 e. The van der Waals surface area contributed by atoms with E-state index in [0.717, 1.165) is 22.4 Å². The second kappa shape index (κ2) is 6.65. The average molecular weight is 363 g/mol. The first-order chi connectivity index (χ1) is 12.6. The molecule has 5 nitrogen and oxygen atoms in total. The highest BCUT2D eigenvalue weighted by Crippen LogP contribution is 2.39. The molecule has 2 aromatic rings. The Bertz CT molecular complexity index is 987. The summed E-state index contributed by atoms with van der Waals surface area (Å²) >= 11 is 0. The van der Waals surface area contributed by atoms with Crippen molar-refractivity contribution in [1.82, 2.24) is 0 Å². The zero-order valence-electron chi connectivity index (χ0n) is 16.7. The Hall–Kier alpha value is -2.95. The summed E-state index contributed by atoms with van der Waals surface area (Å²) in [5, 5.41) is 10.9. The summed E-state index contributed by atoms with van der Waals surface area (Å²) in [5.74, 6) is 0. The summed E-state index contributed by atoms with van der Waals surface area (Å²) in [6.07, 6.45) is 4.13. The Labute approximate surface area is 160 Å². The molecule has 27 heavy (non-hydrogen) atoms. The molecule has 140 valence electrons. The molecule has 0 unspecified atom stereocenters. The van der Waals surface area contributed by atoms with Crippen LogP contribution in [0.25, 0.3) is 5.57 Å². The highest BCUT2D eigenvalue weighted by Gasteiger charge is 2.28. The van der Waals surface area contributed by atoms with E-state index in [1.165, 1.54) is 22.9 Å². The number of fused-ring (bicyclic) bond motifs is 1. The van der Waals surface area contributed by atoms with E-state index in [0.29, 0.717) is 0 Å². The Kier molecular flexibility index (Phi) is 4.64. The van der Waals surface area contributed by atoms with Gasteiger partial charge in [0.15, 0.2) is 0 Å². The van der Waals surface area contributed by atoms with Crippen molar-refractivity contribution in [3.05, 3.63) is 68.8 Å². The minimum atomic E-state index is -0.388. The second-order valence-corrected chi connectivity index (χ2v) is 7.75. The first-order valence-corrected chi connectivity index (χ1v) is 8.97. The molecule has 0 saturated carbocycles. The largest absolute Gasteiger partial charge is 0.365 e. The molecule has 1 aliphatic heterocycles. The predicted octanol–water partition coefficient (Wildman–Crippen LogP) is 5.59. The molecule has 3 rings (SSSR count). The number of likely N-dealkylation sites (N-methyl/N-ethyl adjacent to an activating group) is 1. The van der Waals surface area contributed by atoms with Crippen LogP contribution >= 0.6 is 0 Å². The number of nitro benzene ring substituents is 1. The van der Waals surface area contributed by atoms with Crippen LogP contribution < -0.4 is 4.90 Å². The van der Waals surface area contributed by atoms with Crippen molar-refractivity contribution in [1.29, 1.82) is 0 Å². The lowest BCUT2D eigenvalue weighted by Crippen LogP contribution is -2.42. The molecule has 1 heterocycles. The number of nitrogens with zero attached hydrogens (tertiary/aromatic N) is 3. The minimum Gasteiger partial charge on any atom is -0.365 e. The van der Waals surface area contributed by atoms with Crippen molar-refractivity contribution in [2.24, 2.45) is 4.99 Å². The van der Waals surface area contributed by atoms with Crippen molar-refractivity contribution < 1.29 is 4.92 Å². The molecule has 1 aliphatic rings. The van der Waals surface area contributed by atoms with Crippen LogP contribution in [-0.4, -0.2) is 23.7 Å². The molecule has 2 aromatic carbocycles. The Morgan fingerprint density at radius 1 is 1.11 bits per heavy atom. The van der Waals surface area contributed by atoms with Gasteiger partial charge in [0.25, 0.3) is 5.69 Å². The minimum absolute atomic E-state index is 0.0189. The van der Waals surface area contributed by atoms with Gasteiger partial charge in [0.2, 0.25) is 0 Å². The van der Waals surface area contributed by atoms with Crippen LogP contribution in [0.15, 0.2) is 41.4 Å². The highest BCUT2D eigenvalue weighted by molar-refractivity contribution is 5.90. The summed E-state index contributed by atoms with van der Waals surface area (Å²) in [6, 6.07) is 9.11. The summed E-state index contributed by atoms with van der Waals surface area (Å²) in [5.41, 5.74) is 7.48. The summed E-state index contributed by atoms with van der Waals surface area (Å²) in [4.78, 5) is 17.4. The van der Waals surface area contributed by atoms with Crippen LogP contribution in [-0.2, 0) is 0 Å². The number of hydrogen-bond acceptors (Lipinski definition) is 4. The van der Waals surface area contributed by atoms with E-state index in [-0.39, 0.29) is 16.1 Å². The average Bonchev–Trinajstić information content (AvgIpc) is 2.58. The third-order valence-electron chi connectivity index (χ3n) is 5.34. The molecule has 0 N–H and O–H groups in total. The number of non-ortho nitro benzene ring substituents is 1. The number of aliphatic imine (C=N–C) groups is 1. The Morgan fingerprint density at radius 3 is 2.44 bits per heavy atom. The van der Waals surface area contributed by atoms with Gasteiger partial charge >= 0.3 is 0 Å². The fourth-order valence-electron chi connectivity index (χ4n) is 3.49. The maximum Gasteiger partial charge on any atom is 0.269 e. The molecule has 0 aromatic heterocycles. The molecule has 0 saturated heterocycles. The number of nitro groups is 1. The van der Waals surface area contributed by atoms with Gasteiger partial charge in [-0.25, -0.2) is 0 Å². The molecule has 0 aliphatic carbocycles. The molecular formula is C22H25N3O2. The lowest BCUT2D eigenvalue weighted by atomic mass is 9.87. The van der Waals surface area contributed by atoms with Gasteiger partial charge in [-0.2, -0.15) is 0 Å². The first kappa shape index (κ1) is 18.8. The number of aryl methyl sites for hydroxylation is 2. The van der Waals surface area contributed by atoms with Crippen molar-refractivity contribution in [2.75, 3.05) is 11.9 Å². The summed E-state index contributed by atoms with van der Waals surface area (Å²) in [6.45, 7) is 10.5. The molecule has 0 spiro atoms. The number of benzene rings is 2. The number of allylic oxidation sites excluding steroid dienone is 1. The number of rotatable bonds is 3. The lowest BCUT2D eigenvalue weighted by molar-refractivity contribution is -0.384. The quantitative estimate of drug-likeness (QED) is 0.405. The maximum absolute atomic E-state index is 10.9. The first-order valence-electron chi connectivity index (χ1n) is 8.97. The standard InChI is InChI=1S/C22H25N3O2/c1-14-10-21-19(16(3)12-22(4,5)24(21)6)11-17(14)13-23-20-8-7-18(25(26)27)9-15(20)2/h7-13H,1-6H3. The Morgan fingerprint density at radius 2 is 1.81 bits per heavy atom. The van der Waals surface area contributed by atoms with Crippen LogP contribution in [0.4, 0.5) is 17.1 Å². The van der Waals surface area contributed by atoms with E-state index in [2.05, 4.69) is 62.8 Å². The van der Waals surface area contributed by atoms with Crippen LogP contribution in [0, 0.1) is 24.0 Å². The highest BCUT2D eigenvalue weighted by atomic mass is 16.6. The zero-order chi connectivity index (χ0) is 19.9. The number of anilines is 1. The van der Waals surface area contributed by atoms with Gasteiger partial charge in [-0.05, 0) is 75.1 Å². The van der Waals surface area contributed by atoms with Crippen LogP contribution in [0.5, 0.6) is 0 Å². The van der Waals surface area contributed by atoms with Crippen LogP contribution in [0.3, 0.4) is 0 Å². The van der Waals surface area contributed by atoms with E-state index in [9.17, 15) is 10.1 Å². The molecule has 0 atom stereocenters. The van der Waals surface area contributed by atoms with Crippen LogP contribution in [0.1, 0.15) is 43.0 Å². The lowest BCUT2D eigenvalue weighted by Gasteiger charge is -2.41. The van der Waals surface area contributed by atoms with Gasteiger partial charge in [0.1, 0.15) is 0 Å². The van der Waals surface area contributed by atoms with E-state index in [1.54, 1.807) is 12.1 Å². The fraction of sp³-hybridized carbons (Fsp3) is 0.318. The number of hydrogen-bond donors (Lipinski definition) is 0. The monoisotopic (exact) mass is 363 g/mol. The molecule has 0 fully saturated rings. The predicted molar refractivity (Wildman–Crippen MR) is 112 cm³/mol. The second-order valence-electron chi connectivity index (χ2n) is 7.75. The van der Waals surface area contributed by atoms with E-state index >= 15 is 0 Å². The SMILES string of the molecule is CC1=CC(C)(C)N(C)c2cc(C)c(C=Nc3ccc([N+](=O)[O-])cc3C)cc21. The van der Waals surface area contributed by atoms with E-state index < -0.39 is 0 Å². The topological polar surface area (TPSA) is 58.7 Å². The van der Waals surface area contributed by atoms with Gasteiger partial charge < -0.3 is 4.90 Å². The third-order valence-corrected chi connectivity index (χ3v) is 5.34. The van der Waals surface area contributed by atoms with Gasteiger partial charge in [0.05, 0.1) is 16.1 Å². The van der Waals surface area contributed by atoms with Crippen molar-refractivity contribution in [3.8, 4) is 0 Å². The van der Waals surface area contributed by atoms with E-state index in [1.807, 2.05) is 13.1 Å². The summed E-state index contributed by atoms with van der Waals surface area (Å²) < 4.78 is 0. The van der Waals surface area contributed by atoms with Crippen LogP contribution in [0.2, 0.25) is 0 Å². The molecule has 5 heteroatoms. The maximum atomic E-state index is 10.9. The molecule has 0 bridgehead atoms. The molecular weight excluding hydrogens is 338 g/mol. The van der Waals surface area contributed by atoms with Gasteiger partial charge in [0, 0.05) is 36.6 Å². The third kappa shape index (κ3) is 3.50. The normalized spacial score (nSPS) is 15.6. The molecule has 0 amide bonds. The van der Waals surface area contributed by atoms with Gasteiger partial charge in [-0.3, -0.25) is 15.1 Å². The Balaban J connectivity index is 1.99. The van der Waals surface area contributed by atoms with Gasteiger partial charge in [-0.1, -0.05) is 6.08 Å². The summed E-state index contributed by atoms with van der Waals surface area (Å²) in [7, 11) is 2.12. The van der Waals surface area contributed by atoms with E-state index in [4.69, 9.17) is 0 Å². The van der Waals surface area contributed by atoms with Crippen molar-refractivity contribution in [2.45, 2.75) is 40.2 Å². The van der Waals surface area contributed by atoms with Crippen molar-refractivity contribution >= 4 is 28.8 Å². The van der Waals surface area contributed by atoms with Crippen molar-refractivity contribution in [3.63, 3.8) is 0 Å². The fourth-order valence-corrected chi connectivity index (χ4v) is 3.49. The van der Waals surface area contributed by atoms with Gasteiger partial charge in [-0.15, -0.1) is 0 Å². The zero-order valence-corrected chi connectivity index (χ0v) is 16.7.